The Balaban J connectivity index is 2.35. The summed E-state index contributed by atoms with van der Waals surface area (Å²) >= 11 is 5.61. The highest BCUT2D eigenvalue weighted by atomic mass is 35.5. The summed E-state index contributed by atoms with van der Waals surface area (Å²) in [5.41, 5.74) is 2.72. The van der Waals surface area contributed by atoms with Crippen LogP contribution in [0.1, 0.15) is 21.5 Å². The molecule has 2 aromatic rings. The van der Waals surface area contributed by atoms with E-state index in [0.29, 0.717) is 11.3 Å². The quantitative estimate of drug-likeness (QED) is 0.605. The van der Waals surface area contributed by atoms with Gasteiger partial charge in [-0.15, -0.1) is 11.6 Å². The summed E-state index contributed by atoms with van der Waals surface area (Å²) in [6, 6.07) is 13.1. The van der Waals surface area contributed by atoms with Gasteiger partial charge in [0.15, 0.2) is 5.78 Å². The molecule has 0 unspecified atom stereocenters. The van der Waals surface area contributed by atoms with E-state index in [1.165, 1.54) is 5.56 Å². The number of aryl methyl sites for hydroxylation is 2. The molecule has 0 bridgehead atoms. The lowest BCUT2D eigenvalue weighted by Crippen LogP contribution is -2.03. The molecule has 0 saturated carbocycles. The summed E-state index contributed by atoms with van der Waals surface area (Å²) in [5, 5.41) is 0. The van der Waals surface area contributed by atoms with E-state index in [0.717, 1.165) is 11.3 Å². The Hall–Kier alpha value is -1.80. The van der Waals surface area contributed by atoms with Gasteiger partial charge in [0, 0.05) is 0 Å². The smallest absolute Gasteiger partial charge is 0.181 e. The molecular weight excluding hydrogens is 260 g/mol. The van der Waals surface area contributed by atoms with Gasteiger partial charge >= 0.3 is 0 Å². The minimum atomic E-state index is -0.137. The van der Waals surface area contributed by atoms with Crippen molar-refractivity contribution in [2.45, 2.75) is 13.8 Å². The van der Waals surface area contributed by atoms with E-state index in [-0.39, 0.29) is 11.7 Å². The minimum absolute atomic E-state index is 0.0484. The van der Waals surface area contributed by atoms with Gasteiger partial charge in [-0.25, -0.2) is 0 Å². The fourth-order valence-electron chi connectivity index (χ4n) is 1.89. The van der Waals surface area contributed by atoms with E-state index in [1.807, 2.05) is 38.1 Å². The highest BCUT2D eigenvalue weighted by Gasteiger charge is 2.12. The first kappa shape index (κ1) is 13.6. The average Bonchev–Trinajstić information content (AvgIpc) is 2.41. The lowest BCUT2D eigenvalue weighted by Gasteiger charge is -2.12. The molecule has 2 rings (SSSR count). The Morgan fingerprint density at radius 1 is 1.11 bits per heavy atom. The highest BCUT2D eigenvalue weighted by molar-refractivity contribution is 6.30. The number of halogens is 1. The molecule has 0 radical (unpaired) electrons. The van der Waals surface area contributed by atoms with Crippen molar-refractivity contribution in [2.75, 3.05) is 5.88 Å². The maximum absolute atomic E-state index is 11.8. The van der Waals surface area contributed by atoms with E-state index < -0.39 is 0 Å². The molecule has 19 heavy (non-hydrogen) atoms. The van der Waals surface area contributed by atoms with Crippen molar-refractivity contribution in [3.63, 3.8) is 0 Å². The lowest BCUT2D eigenvalue weighted by molar-refractivity contribution is 0.101. The zero-order valence-electron chi connectivity index (χ0n) is 10.9. The monoisotopic (exact) mass is 274 g/mol. The Morgan fingerprint density at radius 2 is 1.84 bits per heavy atom. The van der Waals surface area contributed by atoms with Gasteiger partial charge in [0.1, 0.15) is 11.5 Å². The summed E-state index contributed by atoms with van der Waals surface area (Å²) in [7, 11) is 0. The Bertz CT molecular complexity index is 605. The maximum Gasteiger partial charge on any atom is 0.181 e. The second-order valence-corrected chi connectivity index (χ2v) is 4.69. The SMILES string of the molecule is Cc1ccc(Oc2ccccc2C(=O)CCl)c(C)c1. The molecule has 0 fully saturated rings. The van der Waals surface area contributed by atoms with Crippen LogP contribution < -0.4 is 4.74 Å². The van der Waals surface area contributed by atoms with Crippen LogP contribution in [0.15, 0.2) is 42.5 Å². The lowest BCUT2D eigenvalue weighted by atomic mass is 10.1. The molecule has 2 nitrogen and oxygen atoms in total. The standard InChI is InChI=1S/C16H15ClO2/c1-11-7-8-15(12(2)9-11)19-16-6-4-3-5-13(16)14(18)10-17/h3-9H,10H2,1-2H3. The van der Waals surface area contributed by atoms with Gasteiger partial charge in [-0.2, -0.15) is 0 Å². The van der Waals surface area contributed by atoms with E-state index in [2.05, 4.69) is 0 Å². The van der Waals surface area contributed by atoms with Gasteiger partial charge < -0.3 is 4.74 Å². The van der Waals surface area contributed by atoms with Crippen molar-refractivity contribution in [3.05, 3.63) is 59.2 Å². The Labute approximate surface area is 118 Å². The number of Topliss-reactive ketones (excluding diaryl/α,β-unsaturated/α-hetero) is 1. The zero-order chi connectivity index (χ0) is 13.8. The number of carbonyl (C=O) groups is 1. The molecule has 98 valence electrons. The van der Waals surface area contributed by atoms with Crippen LogP contribution in [-0.2, 0) is 0 Å². The summed E-state index contributed by atoms with van der Waals surface area (Å²) in [6.07, 6.45) is 0. The zero-order valence-corrected chi connectivity index (χ0v) is 11.7. The second-order valence-electron chi connectivity index (χ2n) is 4.42. The van der Waals surface area contributed by atoms with Crippen LogP contribution >= 0.6 is 11.6 Å². The van der Waals surface area contributed by atoms with Crippen LogP contribution in [0.2, 0.25) is 0 Å². The number of rotatable bonds is 4. The first-order chi connectivity index (χ1) is 9.11. The van der Waals surface area contributed by atoms with Gasteiger partial charge in [-0.1, -0.05) is 29.8 Å². The average molecular weight is 275 g/mol. The number of benzene rings is 2. The van der Waals surface area contributed by atoms with E-state index >= 15 is 0 Å². The van der Waals surface area contributed by atoms with Crippen LogP contribution in [0.25, 0.3) is 0 Å². The van der Waals surface area contributed by atoms with E-state index in [1.54, 1.807) is 18.2 Å². The van der Waals surface area contributed by atoms with Gasteiger partial charge in [0.05, 0.1) is 11.4 Å². The van der Waals surface area contributed by atoms with Crippen LogP contribution in [-0.4, -0.2) is 11.7 Å². The number of ether oxygens (including phenoxy) is 1. The van der Waals surface area contributed by atoms with E-state index in [9.17, 15) is 4.79 Å². The van der Waals surface area contributed by atoms with Gasteiger partial charge in [-0.05, 0) is 37.6 Å². The molecule has 0 aliphatic carbocycles. The van der Waals surface area contributed by atoms with E-state index in [4.69, 9.17) is 16.3 Å². The number of para-hydroxylation sites is 1. The molecule has 0 N–H and O–H groups in total. The van der Waals surface area contributed by atoms with Crippen molar-refractivity contribution in [2.24, 2.45) is 0 Å². The highest BCUT2D eigenvalue weighted by Crippen LogP contribution is 2.28. The topological polar surface area (TPSA) is 26.3 Å². The van der Waals surface area contributed by atoms with Crippen molar-refractivity contribution in [1.29, 1.82) is 0 Å². The molecule has 0 heterocycles. The van der Waals surface area contributed by atoms with Crippen LogP contribution in [0.3, 0.4) is 0 Å². The Morgan fingerprint density at radius 3 is 2.53 bits per heavy atom. The van der Waals surface area contributed by atoms with Crippen molar-refractivity contribution >= 4 is 17.4 Å². The second kappa shape index (κ2) is 5.89. The first-order valence-corrected chi connectivity index (χ1v) is 6.58. The van der Waals surface area contributed by atoms with Crippen molar-refractivity contribution < 1.29 is 9.53 Å². The molecule has 3 heteroatoms. The largest absolute Gasteiger partial charge is 0.456 e. The third-order valence-corrected chi connectivity index (χ3v) is 3.10. The van der Waals surface area contributed by atoms with Crippen molar-refractivity contribution in [1.82, 2.24) is 0 Å². The van der Waals surface area contributed by atoms with Gasteiger partial charge in [0.25, 0.3) is 0 Å². The predicted molar refractivity (Wildman–Crippen MR) is 77.5 cm³/mol. The summed E-state index contributed by atoms with van der Waals surface area (Å²) < 4.78 is 5.84. The third kappa shape index (κ3) is 3.15. The van der Waals surface area contributed by atoms with Gasteiger partial charge in [-0.3, -0.25) is 4.79 Å². The van der Waals surface area contributed by atoms with Crippen LogP contribution in [0.5, 0.6) is 11.5 Å². The molecular formula is C16H15ClO2. The normalized spacial score (nSPS) is 10.3. The molecule has 0 spiro atoms. The number of alkyl halides is 1. The number of hydrogen-bond acceptors (Lipinski definition) is 2. The molecule has 0 aliphatic heterocycles. The molecule has 0 saturated heterocycles. The van der Waals surface area contributed by atoms with Crippen molar-refractivity contribution in [3.8, 4) is 11.5 Å². The van der Waals surface area contributed by atoms with Gasteiger partial charge in [0.2, 0.25) is 0 Å². The summed E-state index contributed by atoms with van der Waals surface area (Å²) in [5.74, 6) is 1.11. The van der Waals surface area contributed by atoms with Crippen LogP contribution in [0, 0.1) is 13.8 Å². The summed E-state index contributed by atoms with van der Waals surface area (Å²) in [6.45, 7) is 4.01. The Kier molecular flexibility index (Phi) is 4.23. The fraction of sp³-hybridized carbons (Fsp3) is 0.188. The number of carbonyl (C=O) groups excluding carboxylic acids is 1. The number of hydrogen-bond donors (Lipinski definition) is 0. The molecule has 0 amide bonds. The van der Waals surface area contributed by atoms with Crippen LogP contribution in [0.4, 0.5) is 0 Å². The summed E-state index contributed by atoms with van der Waals surface area (Å²) in [4.78, 5) is 11.8. The molecule has 0 aromatic heterocycles. The molecule has 0 aliphatic rings. The predicted octanol–water partition coefficient (Wildman–Crippen LogP) is 4.52. The first-order valence-electron chi connectivity index (χ1n) is 6.05. The maximum atomic E-state index is 11.8. The minimum Gasteiger partial charge on any atom is -0.456 e. The molecule has 2 aromatic carbocycles. The third-order valence-electron chi connectivity index (χ3n) is 2.86. The number of ketones is 1. The fourth-order valence-corrected chi connectivity index (χ4v) is 2.03. The molecule has 0 atom stereocenters.